The second-order valence-corrected chi connectivity index (χ2v) is 8.63. The van der Waals surface area contributed by atoms with Crippen molar-refractivity contribution in [2.75, 3.05) is 39.5 Å². The minimum Gasteiger partial charge on any atom is -0.379 e. The van der Waals surface area contributed by atoms with E-state index < -0.39 is 21.8 Å². The first-order chi connectivity index (χ1) is 13.5. The maximum absolute atomic E-state index is 12.6. The van der Waals surface area contributed by atoms with Crippen LogP contribution in [0.15, 0.2) is 29.2 Å². The van der Waals surface area contributed by atoms with Gasteiger partial charge in [-0.2, -0.15) is 4.31 Å². The SMILES string of the molecule is O=C(NCc1ccc(S(=O)(=O)N2CCOCC2)cc1)C(=O)NC[C@H]1CCCO1. The number of morpholine rings is 1. The number of hydrogen-bond acceptors (Lipinski definition) is 6. The first kappa shape index (κ1) is 20.7. The molecule has 0 radical (unpaired) electrons. The van der Waals surface area contributed by atoms with Gasteiger partial charge < -0.3 is 20.1 Å². The van der Waals surface area contributed by atoms with E-state index in [9.17, 15) is 18.0 Å². The van der Waals surface area contributed by atoms with Crippen molar-refractivity contribution >= 4 is 21.8 Å². The average molecular weight is 411 g/mol. The summed E-state index contributed by atoms with van der Waals surface area (Å²) in [5.74, 6) is -1.44. The third kappa shape index (κ3) is 5.28. The van der Waals surface area contributed by atoms with E-state index >= 15 is 0 Å². The van der Waals surface area contributed by atoms with Crippen LogP contribution in [0.25, 0.3) is 0 Å². The zero-order valence-electron chi connectivity index (χ0n) is 15.6. The first-order valence-corrected chi connectivity index (χ1v) is 10.8. The summed E-state index contributed by atoms with van der Waals surface area (Å²) in [6.07, 6.45) is 1.81. The van der Waals surface area contributed by atoms with Crippen LogP contribution in [0.4, 0.5) is 0 Å². The van der Waals surface area contributed by atoms with Crippen LogP contribution < -0.4 is 10.6 Å². The molecule has 0 unspecified atom stereocenters. The molecule has 0 saturated carbocycles. The molecule has 2 amide bonds. The number of hydrogen-bond donors (Lipinski definition) is 2. The number of nitrogens with one attached hydrogen (secondary N) is 2. The fourth-order valence-electron chi connectivity index (χ4n) is 3.07. The van der Waals surface area contributed by atoms with Crippen molar-refractivity contribution in [3.05, 3.63) is 29.8 Å². The van der Waals surface area contributed by atoms with E-state index in [-0.39, 0.29) is 17.5 Å². The minimum atomic E-state index is -3.55. The molecule has 2 saturated heterocycles. The summed E-state index contributed by atoms with van der Waals surface area (Å²) < 4.78 is 37.1. The first-order valence-electron chi connectivity index (χ1n) is 9.31. The van der Waals surface area contributed by atoms with Crippen molar-refractivity contribution in [3.8, 4) is 0 Å². The lowest BCUT2D eigenvalue weighted by molar-refractivity contribution is -0.139. The van der Waals surface area contributed by atoms with E-state index in [1.165, 1.54) is 16.4 Å². The van der Waals surface area contributed by atoms with Gasteiger partial charge in [-0.05, 0) is 30.5 Å². The molecular formula is C18H25N3O6S. The Labute approximate surface area is 164 Å². The van der Waals surface area contributed by atoms with Crippen molar-refractivity contribution < 1.29 is 27.5 Å². The Morgan fingerprint density at radius 2 is 1.71 bits per heavy atom. The van der Waals surface area contributed by atoms with Gasteiger partial charge in [-0.1, -0.05) is 12.1 Å². The van der Waals surface area contributed by atoms with Crippen LogP contribution in [0.5, 0.6) is 0 Å². The standard InChI is InChI=1S/C18H25N3O6S/c22-17(18(23)20-13-15-2-1-9-27-15)19-12-14-3-5-16(6-4-14)28(24,25)21-7-10-26-11-8-21/h3-6,15H,1-2,7-13H2,(H,19,22)(H,20,23)/t15-/m1/s1. The normalized spacial score (nSPS) is 20.6. The van der Waals surface area contributed by atoms with Gasteiger partial charge in [-0.25, -0.2) is 8.42 Å². The highest BCUT2D eigenvalue weighted by Crippen LogP contribution is 2.17. The van der Waals surface area contributed by atoms with E-state index in [1.54, 1.807) is 12.1 Å². The van der Waals surface area contributed by atoms with Crippen LogP contribution in [0, 0.1) is 0 Å². The maximum Gasteiger partial charge on any atom is 0.309 e. The van der Waals surface area contributed by atoms with Gasteiger partial charge in [-0.15, -0.1) is 0 Å². The highest BCUT2D eigenvalue weighted by atomic mass is 32.2. The molecule has 2 N–H and O–H groups in total. The summed E-state index contributed by atoms with van der Waals surface area (Å²) in [7, 11) is -3.55. The van der Waals surface area contributed by atoms with Crippen molar-refractivity contribution in [2.24, 2.45) is 0 Å². The molecule has 2 aliphatic heterocycles. The molecule has 0 aromatic heterocycles. The zero-order valence-corrected chi connectivity index (χ0v) is 16.4. The highest BCUT2D eigenvalue weighted by Gasteiger charge is 2.26. The Morgan fingerprint density at radius 3 is 2.36 bits per heavy atom. The van der Waals surface area contributed by atoms with Gasteiger partial charge in [0, 0.05) is 32.8 Å². The molecule has 2 heterocycles. The number of sulfonamides is 1. The minimum absolute atomic E-state index is 0.0299. The summed E-state index contributed by atoms with van der Waals surface area (Å²) in [6.45, 7) is 2.58. The topological polar surface area (TPSA) is 114 Å². The number of carbonyl (C=O) groups is 2. The molecule has 28 heavy (non-hydrogen) atoms. The molecule has 0 aliphatic carbocycles. The monoisotopic (exact) mass is 411 g/mol. The van der Waals surface area contributed by atoms with Gasteiger partial charge in [0.25, 0.3) is 0 Å². The highest BCUT2D eigenvalue weighted by molar-refractivity contribution is 7.89. The molecular weight excluding hydrogens is 386 g/mol. The third-order valence-electron chi connectivity index (χ3n) is 4.70. The fraction of sp³-hybridized carbons (Fsp3) is 0.556. The van der Waals surface area contributed by atoms with E-state index in [4.69, 9.17) is 9.47 Å². The van der Waals surface area contributed by atoms with Gasteiger partial charge >= 0.3 is 11.8 Å². The maximum atomic E-state index is 12.6. The lowest BCUT2D eigenvalue weighted by Crippen LogP contribution is -2.42. The van der Waals surface area contributed by atoms with Gasteiger partial charge in [0.1, 0.15) is 0 Å². The lowest BCUT2D eigenvalue weighted by Gasteiger charge is -2.26. The molecule has 1 atom stereocenters. The lowest BCUT2D eigenvalue weighted by atomic mass is 10.2. The van der Waals surface area contributed by atoms with Gasteiger partial charge in [0.15, 0.2) is 0 Å². The molecule has 1 aromatic carbocycles. The number of ether oxygens (including phenoxy) is 2. The summed E-state index contributed by atoms with van der Waals surface area (Å²) >= 11 is 0. The Hall–Kier alpha value is -2.01. The van der Waals surface area contributed by atoms with Crippen LogP contribution in [-0.4, -0.2) is 70.1 Å². The van der Waals surface area contributed by atoms with Gasteiger partial charge in [-0.3, -0.25) is 9.59 Å². The summed E-state index contributed by atoms with van der Waals surface area (Å²) in [4.78, 5) is 23.9. The molecule has 0 bridgehead atoms. The molecule has 2 fully saturated rings. The van der Waals surface area contributed by atoms with Crippen molar-refractivity contribution in [3.63, 3.8) is 0 Å². The Balaban J connectivity index is 1.48. The van der Waals surface area contributed by atoms with Crippen LogP contribution in [0.1, 0.15) is 18.4 Å². The molecule has 1 aromatic rings. The fourth-order valence-corrected chi connectivity index (χ4v) is 4.48. The largest absolute Gasteiger partial charge is 0.379 e. The van der Waals surface area contributed by atoms with Crippen LogP contribution >= 0.6 is 0 Å². The number of nitrogens with zero attached hydrogens (tertiary/aromatic N) is 1. The van der Waals surface area contributed by atoms with E-state index in [1.807, 2.05) is 0 Å². The molecule has 0 spiro atoms. The quantitative estimate of drug-likeness (QED) is 0.617. The molecule has 2 aliphatic rings. The summed E-state index contributed by atoms with van der Waals surface area (Å²) in [5.41, 5.74) is 0.696. The number of rotatable bonds is 6. The average Bonchev–Trinajstić information content (AvgIpc) is 3.25. The second kappa shape index (κ2) is 9.46. The Bertz CT molecular complexity index is 784. The number of carbonyl (C=O) groups excluding carboxylic acids is 2. The third-order valence-corrected chi connectivity index (χ3v) is 6.62. The van der Waals surface area contributed by atoms with Crippen LogP contribution in [0.3, 0.4) is 0 Å². The van der Waals surface area contributed by atoms with Gasteiger partial charge in [0.05, 0.1) is 24.2 Å². The molecule has 154 valence electrons. The zero-order chi connectivity index (χ0) is 20.0. The predicted octanol–water partition coefficient (Wildman–Crippen LogP) is -0.381. The molecule has 9 nitrogen and oxygen atoms in total. The second-order valence-electron chi connectivity index (χ2n) is 6.69. The van der Waals surface area contributed by atoms with Crippen molar-refractivity contribution in [2.45, 2.75) is 30.4 Å². The Kier molecular flexibility index (Phi) is 7.00. The Morgan fingerprint density at radius 1 is 1.04 bits per heavy atom. The van der Waals surface area contributed by atoms with Crippen molar-refractivity contribution in [1.82, 2.24) is 14.9 Å². The van der Waals surface area contributed by atoms with E-state index in [0.717, 1.165) is 12.8 Å². The van der Waals surface area contributed by atoms with Gasteiger partial charge in [0.2, 0.25) is 10.0 Å². The van der Waals surface area contributed by atoms with Crippen LogP contribution in [0.2, 0.25) is 0 Å². The summed E-state index contributed by atoms with van der Waals surface area (Å²) in [5, 5.41) is 5.08. The molecule has 10 heteroatoms. The van der Waals surface area contributed by atoms with Crippen molar-refractivity contribution in [1.29, 1.82) is 0 Å². The van der Waals surface area contributed by atoms with Crippen LogP contribution in [-0.2, 0) is 35.6 Å². The van der Waals surface area contributed by atoms with E-state index in [2.05, 4.69) is 10.6 Å². The summed E-state index contributed by atoms with van der Waals surface area (Å²) in [6, 6.07) is 6.25. The number of amides is 2. The smallest absolute Gasteiger partial charge is 0.309 e. The molecule has 3 rings (SSSR count). The predicted molar refractivity (Wildman–Crippen MR) is 99.9 cm³/mol. The van der Waals surface area contributed by atoms with E-state index in [0.29, 0.717) is 45.0 Å². The number of benzene rings is 1.